The molecule has 224 valence electrons. The summed E-state index contributed by atoms with van der Waals surface area (Å²) in [6, 6.07) is -0.997. The summed E-state index contributed by atoms with van der Waals surface area (Å²) < 4.78 is 11.8. The highest BCUT2D eigenvalue weighted by atomic mass is 16.7. The van der Waals surface area contributed by atoms with Crippen molar-refractivity contribution >= 4 is 17.9 Å². The fourth-order valence-corrected chi connectivity index (χ4v) is 6.45. The van der Waals surface area contributed by atoms with Crippen molar-refractivity contribution in [1.82, 2.24) is 16.0 Å². The minimum Gasteiger partial charge on any atom is -0.481 e. The molecule has 9 nitrogen and oxygen atoms in total. The van der Waals surface area contributed by atoms with Gasteiger partial charge in [-0.2, -0.15) is 0 Å². The Balaban J connectivity index is 1.70. The second-order valence-electron chi connectivity index (χ2n) is 13.3. The standard InChI is InChI=1S/C30H53N3O6/c1-6-7-8-12-16-30(17-13-18-30)33-27(37)32-22-15-11-9-10-14-21(22)23(19-24(34)35)31-26(36)25-28(2,3)20-38-29(4,5)39-25/h21-23,25H,6-20H2,1-5H3,(H,31,36)(H,34,35)(H2,32,33,37). The minimum atomic E-state index is -0.972. The van der Waals surface area contributed by atoms with Gasteiger partial charge in [-0.1, -0.05) is 65.7 Å². The summed E-state index contributed by atoms with van der Waals surface area (Å²) in [6.45, 7) is 9.94. The van der Waals surface area contributed by atoms with E-state index in [1.165, 1.54) is 19.3 Å². The molecule has 3 fully saturated rings. The van der Waals surface area contributed by atoms with Crippen molar-refractivity contribution in [3.05, 3.63) is 0 Å². The first-order valence-corrected chi connectivity index (χ1v) is 15.3. The molecule has 1 heterocycles. The van der Waals surface area contributed by atoms with Gasteiger partial charge in [-0.15, -0.1) is 0 Å². The average molecular weight is 552 g/mol. The van der Waals surface area contributed by atoms with Crippen LogP contribution in [0.2, 0.25) is 0 Å². The number of amides is 3. The highest BCUT2D eigenvalue weighted by Gasteiger charge is 2.47. The largest absolute Gasteiger partial charge is 0.481 e. The van der Waals surface area contributed by atoms with Gasteiger partial charge in [0.2, 0.25) is 5.91 Å². The van der Waals surface area contributed by atoms with E-state index in [9.17, 15) is 19.5 Å². The monoisotopic (exact) mass is 551 g/mol. The van der Waals surface area contributed by atoms with Gasteiger partial charge < -0.3 is 30.5 Å². The van der Waals surface area contributed by atoms with Crippen LogP contribution in [0.1, 0.15) is 125 Å². The van der Waals surface area contributed by atoms with Crippen LogP contribution < -0.4 is 16.0 Å². The predicted molar refractivity (Wildman–Crippen MR) is 150 cm³/mol. The number of nitrogens with one attached hydrogen (secondary N) is 3. The molecule has 4 atom stereocenters. The maximum Gasteiger partial charge on any atom is 0.315 e. The van der Waals surface area contributed by atoms with Gasteiger partial charge in [-0.05, 0) is 52.4 Å². The first kappa shape index (κ1) is 31.7. The Bertz CT molecular complexity index is 841. The average Bonchev–Trinajstić information content (AvgIpc) is 3.06. The Morgan fingerprint density at radius 3 is 2.33 bits per heavy atom. The molecule has 4 N–H and O–H groups in total. The quantitative estimate of drug-likeness (QED) is 0.194. The Kier molecular flexibility index (Phi) is 11.1. The summed E-state index contributed by atoms with van der Waals surface area (Å²) in [5.41, 5.74) is -0.686. The molecule has 0 aromatic rings. The zero-order valence-electron chi connectivity index (χ0n) is 24.9. The number of hydrogen-bond acceptors (Lipinski definition) is 5. The summed E-state index contributed by atoms with van der Waals surface area (Å²) in [7, 11) is 0. The molecule has 3 aliphatic rings. The first-order chi connectivity index (χ1) is 18.4. The zero-order valence-corrected chi connectivity index (χ0v) is 24.9. The van der Waals surface area contributed by atoms with Crippen LogP contribution in [-0.2, 0) is 19.1 Å². The molecule has 0 spiro atoms. The molecule has 39 heavy (non-hydrogen) atoms. The second-order valence-corrected chi connectivity index (χ2v) is 13.3. The predicted octanol–water partition coefficient (Wildman–Crippen LogP) is 5.26. The molecular weight excluding hydrogens is 498 g/mol. The highest BCUT2D eigenvalue weighted by molar-refractivity contribution is 5.83. The number of unbranched alkanes of at least 4 members (excludes halogenated alkanes) is 3. The lowest BCUT2D eigenvalue weighted by molar-refractivity contribution is -0.304. The lowest BCUT2D eigenvalue weighted by atomic mass is 9.73. The zero-order chi connectivity index (χ0) is 28.7. The molecule has 1 aliphatic heterocycles. The Morgan fingerprint density at radius 2 is 1.69 bits per heavy atom. The summed E-state index contributed by atoms with van der Waals surface area (Å²) >= 11 is 0. The van der Waals surface area contributed by atoms with E-state index in [1.807, 2.05) is 13.8 Å². The van der Waals surface area contributed by atoms with Gasteiger partial charge in [-0.25, -0.2) is 4.79 Å². The molecule has 0 bridgehead atoms. The third-order valence-electron chi connectivity index (χ3n) is 8.96. The van der Waals surface area contributed by atoms with Gasteiger partial charge >= 0.3 is 12.0 Å². The molecule has 0 radical (unpaired) electrons. The Morgan fingerprint density at radius 1 is 0.974 bits per heavy atom. The first-order valence-electron chi connectivity index (χ1n) is 15.3. The van der Waals surface area contributed by atoms with Crippen LogP contribution in [0.15, 0.2) is 0 Å². The van der Waals surface area contributed by atoms with E-state index >= 15 is 0 Å². The minimum absolute atomic E-state index is 0.120. The lowest BCUT2D eigenvalue weighted by Gasteiger charge is -2.45. The van der Waals surface area contributed by atoms with Crippen molar-refractivity contribution in [3.8, 4) is 0 Å². The molecule has 0 aromatic heterocycles. The maximum absolute atomic E-state index is 13.5. The molecule has 2 aliphatic carbocycles. The summed E-state index contributed by atoms with van der Waals surface area (Å²) in [5.74, 6) is -2.38. The summed E-state index contributed by atoms with van der Waals surface area (Å²) in [5, 5.41) is 19.3. The van der Waals surface area contributed by atoms with E-state index in [0.29, 0.717) is 6.61 Å². The van der Waals surface area contributed by atoms with Gasteiger partial charge in [0.1, 0.15) is 6.10 Å². The molecule has 0 aromatic carbocycles. The van der Waals surface area contributed by atoms with Crippen LogP contribution in [0.5, 0.6) is 0 Å². The lowest BCUT2D eigenvalue weighted by Crippen LogP contribution is -2.61. The molecule has 3 rings (SSSR count). The van der Waals surface area contributed by atoms with Gasteiger partial charge in [-0.3, -0.25) is 9.59 Å². The van der Waals surface area contributed by atoms with Crippen LogP contribution >= 0.6 is 0 Å². The van der Waals surface area contributed by atoms with Crippen LogP contribution in [0.3, 0.4) is 0 Å². The van der Waals surface area contributed by atoms with Crippen molar-refractivity contribution in [2.45, 2.75) is 154 Å². The molecular formula is C30H53N3O6. The van der Waals surface area contributed by atoms with Crippen molar-refractivity contribution in [1.29, 1.82) is 0 Å². The van der Waals surface area contributed by atoms with Gasteiger partial charge in [0.15, 0.2) is 5.79 Å². The van der Waals surface area contributed by atoms with Crippen molar-refractivity contribution in [2.75, 3.05) is 6.61 Å². The molecule has 4 unspecified atom stereocenters. The number of rotatable bonds is 12. The smallest absolute Gasteiger partial charge is 0.315 e. The Labute approximate surface area is 234 Å². The third kappa shape index (κ3) is 9.07. The van der Waals surface area contributed by atoms with E-state index < -0.39 is 29.3 Å². The fraction of sp³-hybridized carbons (Fsp3) is 0.900. The third-order valence-corrected chi connectivity index (χ3v) is 8.96. The maximum atomic E-state index is 13.5. The number of hydrogen-bond donors (Lipinski definition) is 4. The number of carbonyl (C=O) groups is 3. The number of ether oxygens (including phenoxy) is 2. The number of aliphatic carboxylic acids is 1. The van der Waals surface area contributed by atoms with E-state index in [0.717, 1.165) is 64.2 Å². The van der Waals surface area contributed by atoms with Crippen molar-refractivity contribution < 1.29 is 29.0 Å². The Hall–Kier alpha value is -1.87. The van der Waals surface area contributed by atoms with Crippen LogP contribution in [0.4, 0.5) is 4.79 Å². The normalized spacial score (nSPS) is 28.3. The van der Waals surface area contributed by atoms with E-state index in [1.54, 1.807) is 13.8 Å². The van der Waals surface area contributed by atoms with E-state index in [-0.39, 0.29) is 35.9 Å². The number of urea groups is 1. The van der Waals surface area contributed by atoms with Crippen molar-refractivity contribution in [3.63, 3.8) is 0 Å². The van der Waals surface area contributed by atoms with E-state index in [4.69, 9.17) is 9.47 Å². The van der Waals surface area contributed by atoms with Crippen LogP contribution in [0, 0.1) is 11.3 Å². The molecule has 9 heteroatoms. The van der Waals surface area contributed by atoms with Crippen molar-refractivity contribution in [2.24, 2.45) is 11.3 Å². The highest BCUT2D eigenvalue weighted by Crippen LogP contribution is 2.37. The molecule has 2 saturated carbocycles. The molecule has 1 saturated heterocycles. The SMILES string of the molecule is CCCCCCC1(NC(=O)NC2CCCCCC2C(CC(=O)O)NC(=O)C2OC(C)(C)OCC2(C)C)CCC1. The van der Waals surface area contributed by atoms with Gasteiger partial charge in [0.25, 0.3) is 0 Å². The van der Waals surface area contributed by atoms with Crippen LogP contribution in [-0.4, -0.2) is 59.1 Å². The topological polar surface area (TPSA) is 126 Å². The fourth-order valence-electron chi connectivity index (χ4n) is 6.45. The number of carbonyl (C=O) groups excluding carboxylic acids is 2. The molecule has 3 amide bonds. The second kappa shape index (κ2) is 13.7. The van der Waals surface area contributed by atoms with Gasteiger partial charge in [0, 0.05) is 29.0 Å². The number of carboxylic acids is 1. The van der Waals surface area contributed by atoms with Crippen LogP contribution in [0.25, 0.3) is 0 Å². The van der Waals surface area contributed by atoms with E-state index in [2.05, 4.69) is 22.9 Å². The summed E-state index contributed by atoms with van der Waals surface area (Å²) in [6.07, 6.45) is 12.3. The number of carboxylic acid groups (broad SMARTS) is 1. The van der Waals surface area contributed by atoms with Gasteiger partial charge in [0.05, 0.1) is 13.0 Å². The summed E-state index contributed by atoms with van der Waals surface area (Å²) in [4.78, 5) is 38.8.